The standard InChI is InChI=1S/C15H16F3N2O5S.CH3.V/c1-11-4-2-3-5-12(11)26(23,24)20-8-6-19(7-9-20)14(22)25-13(10-21)15(16,17)18;;/h2-5,13H,6-9H2,1H3;1H3;/q2*-1;+2. The van der Waals surface area contributed by atoms with Crippen LogP contribution in [0.1, 0.15) is 5.56 Å². The first kappa shape index (κ1) is 26.4. The van der Waals surface area contributed by atoms with Crippen LogP contribution in [0.15, 0.2) is 29.2 Å². The molecule has 155 valence electrons. The predicted molar refractivity (Wildman–Crippen MR) is 89.9 cm³/mol. The number of hydrogen-bond donors (Lipinski definition) is 0. The molecule has 2 rings (SSSR count). The predicted octanol–water partition coefficient (Wildman–Crippen LogP) is 1.93. The van der Waals surface area contributed by atoms with Crippen LogP contribution in [0.2, 0.25) is 0 Å². The maximum Gasteiger partial charge on any atom is 2.00 e. The maximum absolute atomic E-state index is 12.6. The number of amides is 1. The molecule has 0 saturated carbocycles. The van der Waals surface area contributed by atoms with Crippen LogP contribution >= 0.6 is 0 Å². The summed E-state index contributed by atoms with van der Waals surface area (Å²) in [7, 11) is -3.78. The maximum atomic E-state index is 12.6. The van der Waals surface area contributed by atoms with Crippen molar-refractivity contribution in [2.75, 3.05) is 26.2 Å². The van der Waals surface area contributed by atoms with Gasteiger partial charge in [0.05, 0.1) is 4.90 Å². The van der Waals surface area contributed by atoms with E-state index in [4.69, 9.17) is 0 Å². The Morgan fingerprint density at radius 1 is 1.18 bits per heavy atom. The average molecular weight is 459 g/mol. The Labute approximate surface area is 173 Å². The van der Waals surface area contributed by atoms with Crippen LogP contribution < -0.4 is 0 Å². The van der Waals surface area contributed by atoms with Crippen LogP contribution in [0.4, 0.5) is 18.0 Å². The minimum atomic E-state index is -5.05. The molecule has 0 N–H and O–H groups in total. The van der Waals surface area contributed by atoms with E-state index in [-0.39, 0.29) is 57.1 Å². The quantitative estimate of drug-likeness (QED) is 0.643. The van der Waals surface area contributed by atoms with E-state index in [1.807, 2.05) is 0 Å². The zero-order chi connectivity index (χ0) is 19.5. The third kappa shape index (κ3) is 5.97. The molecule has 1 heterocycles. The Morgan fingerprint density at radius 2 is 1.71 bits per heavy atom. The fourth-order valence-electron chi connectivity index (χ4n) is 2.43. The van der Waals surface area contributed by atoms with Crippen molar-refractivity contribution < 1.29 is 54.5 Å². The molecule has 1 aromatic rings. The van der Waals surface area contributed by atoms with E-state index < -0.39 is 28.4 Å². The molecule has 1 fully saturated rings. The largest absolute Gasteiger partial charge is 2.00 e. The number of benzene rings is 1. The molecule has 1 atom stereocenters. The van der Waals surface area contributed by atoms with Crippen molar-refractivity contribution in [1.29, 1.82) is 0 Å². The molecular formula is C16H19F3N2O5SV. The Hall–Kier alpha value is -1.56. The number of carbonyl (C=O) groups is 1. The summed E-state index contributed by atoms with van der Waals surface area (Å²) in [4.78, 5) is 23.1. The van der Waals surface area contributed by atoms with Crippen LogP contribution in [0, 0.1) is 14.4 Å². The van der Waals surface area contributed by atoms with Gasteiger partial charge in [0.15, 0.2) is 0 Å². The molecule has 1 aliphatic rings. The third-order valence-corrected chi connectivity index (χ3v) is 5.89. The molecule has 12 heteroatoms. The van der Waals surface area contributed by atoms with E-state index in [9.17, 15) is 31.2 Å². The molecule has 7 nitrogen and oxygen atoms in total. The van der Waals surface area contributed by atoms with E-state index in [1.165, 1.54) is 6.07 Å². The second kappa shape index (κ2) is 10.3. The summed E-state index contributed by atoms with van der Waals surface area (Å²) in [5.41, 5.74) is 0.559. The molecule has 1 amide bonds. The van der Waals surface area contributed by atoms with Crippen LogP contribution in [0.3, 0.4) is 0 Å². The Balaban J connectivity index is 0.00000364. The molecule has 1 unspecified atom stereocenters. The SMILES string of the molecule is Cc1ccccc1S(=O)(=O)N1CCN(C(=O)OC([C-]=O)C(F)(F)F)CC1.[CH3-].[V+2]. The van der Waals surface area contributed by atoms with Crippen molar-refractivity contribution in [3.63, 3.8) is 0 Å². The van der Waals surface area contributed by atoms with E-state index in [0.717, 1.165) is 9.21 Å². The number of nitrogens with zero attached hydrogens (tertiary/aromatic N) is 2. The normalized spacial score (nSPS) is 16.4. The fourth-order valence-corrected chi connectivity index (χ4v) is 4.08. The second-order valence-electron chi connectivity index (χ2n) is 5.58. The van der Waals surface area contributed by atoms with Gasteiger partial charge in [-0.05, 0) is 18.6 Å². The number of hydrogen-bond acceptors (Lipinski definition) is 5. The van der Waals surface area contributed by atoms with Crippen molar-refractivity contribution in [2.24, 2.45) is 0 Å². The van der Waals surface area contributed by atoms with Gasteiger partial charge in [0.25, 0.3) is 0 Å². The van der Waals surface area contributed by atoms with Gasteiger partial charge in [-0.15, -0.1) is 0 Å². The molecule has 1 saturated heterocycles. The van der Waals surface area contributed by atoms with Gasteiger partial charge >= 0.3 is 30.8 Å². The minimum Gasteiger partial charge on any atom is -0.538 e. The summed E-state index contributed by atoms with van der Waals surface area (Å²) in [5, 5.41) is 0. The van der Waals surface area contributed by atoms with Crippen molar-refractivity contribution in [3.05, 3.63) is 37.3 Å². The Bertz CT molecular complexity index is 781. The van der Waals surface area contributed by atoms with Crippen LogP contribution in [0.5, 0.6) is 0 Å². The van der Waals surface area contributed by atoms with Crippen molar-refractivity contribution >= 4 is 22.4 Å². The molecule has 1 aromatic carbocycles. The average Bonchev–Trinajstić information content (AvgIpc) is 2.58. The number of sulfonamides is 1. The number of halogens is 3. The van der Waals surface area contributed by atoms with Crippen molar-refractivity contribution in [2.45, 2.75) is 24.1 Å². The topological polar surface area (TPSA) is 84.0 Å². The molecule has 0 spiro atoms. The second-order valence-corrected chi connectivity index (χ2v) is 7.49. The monoisotopic (exact) mass is 459 g/mol. The zero-order valence-electron chi connectivity index (χ0n) is 15.1. The van der Waals surface area contributed by atoms with Gasteiger partial charge in [0.2, 0.25) is 10.0 Å². The number of piperazine rings is 1. The zero-order valence-corrected chi connectivity index (χ0v) is 17.4. The minimum absolute atomic E-state index is 0. The molecule has 28 heavy (non-hydrogen) atoms. The van der Waals surface area contributed by atoms with E-state index in [2.05, 4.69) is 4.74 Å². The van der Waals surface area contributed by atoms with E-state index >= 15 is 0 Å². The Morgan fingerprint density at radius 3 is 2.18 bits per heavy atom. The first-order chi connectivity index (χ1) is 12.1. The summed E-state index contributed by atoms with van der Waals surface area (Å²) >= 11 is 0. The molecule has 1 radical (unpaired) electrons. The van der Waals surface area contributed by atoms with Gasteiger partial charge in [-0.25, -0.2) is 19.5 Å². The smallest absolute Gasteiger partial charge is 0.538 e. The Kier molecular flexibility index (Phi) is 9.72. The van der Waals surface area contributed by atoms with Crippen LogP contribution in [-0.4, -0.2) is 68.5 Å². The first-order valence-corrected chi connectivity index (χ1v) is 8.97. The molecule has 0 bridgehead atoms. The fraction of sp³-hybridized carbons (Fsp3) is 0.438. The van der Waals surface area contributed by atoms with Crippen LogP contribution in [-0.2, 0) is 38.1 Å². The first-order valence-electron chi connectivity index (χ1n) is 7.53. The van der Waals surface area contributed by atoms with Gasteiger partial charge in [0.1, 0.15) is 6.10 Å². The number of alkyl halides is 3. The van der Waals surface area contributed by atoms with Gasteiger partial charge in [-0.3, -0.25) is 0 Å². The molecule has 1 aliphatic heterocycles. The number of carbonyl (C=O) groups excluding carboxylic acids is 2. The van der Waals surface area contributed by atoms with Gasteiger partial charge in [-0.2, -0.15) is 17.5 Å². The summed E-state index contributed by atoms with van der Waals surface area (Å²) in [6.07, 6.45) is -8.74. The summed E-state index contributed by atoms with van der Waals surface area (Å²) in [5.74, 6) is 0. The molecular weight excluding hydrogens is 440 g/mol. The van der Waals surface area contributed by atoms with Gasteiger partial charge < -0.3 is 21.9 Å². The summed E-state index contributed by atoms with van der Waals surface area (Å²) in [6, 6.07) is 6.39. The number of aryl methyl sites for hydroxylation is 1. The van der Waals surface area contributed by atoms with Crippen LogP contribution in [0.25, 0.3) is 0 Å². The summed E-state index contributed by atoms with van der Waals surface area (Å²) in [6.45, 7) is 1.12. The molecule has 0 aromatic heterocycles. The van der Waals surface area contributed by atoms with Crippen molar-refractivity contribution in [1.82, 2.24) is 9.21 Å². The molecule has 0 aliphatic carbocycles. The van der Waals surface area contributed by atoms with E-state index in [0.29, 0.717) is 11.8 Å². The van der Waals surface area contributed by atoms with E-state index in [1.54, 1.807) is 25.1 Å². The van der Waals surface area contributed by atoms with Gasteiger partial charge in [-0.1, -0.05) is 18.2 Å². The van der Waals surface area contributed by atoms with Gasteiger partial charge in [0, 0.05) is 26.2 Å². The summed E-state index contributed by atoms with van der Waals surface area (Å²) < 4.78 is 67.8. The van der Waals surface area contributed by atoms with Crippen molar-refractivity contribution in [3.8, 4) is 0 Å². The third-order valence-electron chi connectivity index (χ3n) is 3.83. The number of rotatable bonds is 4. The number of ether oxygens (including phenoxy) is 1.